The molecule has 21 heavy (non-hydrogen) atoms. The molecule has 2 N–H and O–H groups in total. The largest absolute Gasteiger partial charge is 0.481 e. The van der Waals surface area contributed by atoms with E-state index in [1.807, 2.05) is 13.0 Å². The highest BCUT2D eigenvalue weighted by Gasteiger charge is 2.35. The Morgan fingerprint density at radius 1 is 1.19 bits per heavy atom. The average Bonchev–Trinajstić information content (AvgIpc) is 2.36. The van der Waals surface area contributed by atoms with E-state index in [1.165, 1.54) is 0 Å². The maximum absolute atomic E-state index is 12.4. The van der Waals surface area contributed by atoms with E-state index in [1.54, 1.807) is 18.2 Å². The molecule has 1 amide bonds. The molecule has 0 radical (unpaired) electrons. The molecular formula is C15H15Cl2NO3. The van der Waals surface area contributed by atoms with Crippen molar-refractivity contribution in [1.29, 1.82) is 0 Å². The van der Waals surface area contributed by atoms with Crippen molar-refractivity contribution < 1.29 is 14.7 Å². The number of anilines is 1. The van der Waals surface area contributed by atoms with E-state index in [0.29, 0.717) is 28.6 Å². The van der Waals surface area contributed by atoms with Crippen LogP contribution in [-0.2, 0) is 9.59 Å². The zero-order chi connectivity index (χ0) is 15.6. The number of hydrogen-bond donors (Lipinski definition) is 2. The summed E-state index contributed by atoms with van der Waals surface area (Å²) in [4.78, 5) is 23.6. The van der Waals surface area contributed by atoms with E-state index in [4.69, 9.17) is 23.2 Å². The van der Waals surface area contributed by atoms with E-state index < -0.39 is 17.8 Å². The number of carbonyl (C=O) groups is 2. The van der Waals surface area contributed by atoms with Gasteiger partial charge in [0.25, 0.3) is 0 Å². The van der Waals surface area contributed by atoms with Gasteiger partial charge in [-0.05, 0) is 38.0 Å². The third kappa shape index (κ3) is 3.99. The minimum atomic E-state index is -0.956. The summed E-state index contributed by atoms with van der Waals surface area (Å²) in [5.74, 6) is -2.58. The van der Waals surface area contributed by atoms with Crippen LogP contribution in [0.3, 0.4) is 0 Å². The molecule has 1 aromatic carbocycles. The summed E-state index contributed by atoms with van der Waals surface area (Å²) in [6.07, 6.45) is 2.69. The summed E-state index contributed by atoms with van der Waals surface area (Å²) >= 11 is 11.8. The maximum Gasteiger partial charge on any atom is 0.307 e. The van der Waals surface area contributed by atoms with Gasteiger partial charge in [-0.25, -0.2) is 0 Å². The van der Waals surface area contributed by atoms with Gasteiger partial charge in [0.05, 0.1) is 11.8 Å². The van der Waals surface area contributed by atoms with Crippen molar-refractivity contribution in [1.82, 2.24) is 0 Å². The molecule has 2 rings (SSSR count). The lowest BCUT2D eigenvalue weighted by atomic mass is 9.79. The number of nitrogens with one attached hydrogen (secondary N) is 1. The van der Waals surface area contributed by atoms with E-state index in [0.717, 1.165) is 5.57 Å². The number of carboxylic acids is 1. The van der Waals surface area contributed by atoms with Crippen LogP contribution >= 0.6 is 23.2 Å². The summed E-state index contributed by atoms with van der Waals surface area (Å²) in [5.41, 5.74) is 1.49. The lowest BCUT2D eigenvalue weighted by Crippen LogP contribution is -2.35. The number of allylic oxidation sites excluding steroid dienone is 2. The Labute approximate surface area is 132 Å². The number of rotatable bonds is 3. The first kappa shape index (κ1) is 15.9. The number of halogens is 2. The van der Waals surface area contributed by atoms with Crippen LogP contribution in [0.25, 0.3) is 0 Å². The zero-order valence-electron chi connectivity index (χ0n) is 11.4. The Bertz CT molecular complexity index is 593. The predicted molar refractivity (Wildman–Crippen MR) is 82.7 cm³/mol. The molecule has 0 saturated heterocycles. The normalized spacial score (nSPS) is 21.6. The highest BCUT2D eigenvalue weighted by molar-refractivity contribution is 6.35. The van der Waals surface area contributed by atoms with Gasteiger partial charge in [-0.2, -0.15) is 0 Å². The highest BCUT2D eigenvalue weighted by Crippen LogP contribution is 2.31. The molecule has 0 spiro atoms. The quantitative estimate of drug-likeness (QED) is 0.825. The second-order valence-corrected chi connectivity index (χ2v) is 6.06. The second-order valence-electron chi connectivity index (χ2n) is 5.19. The Morgan fingerprint density at radius 3 is 2.38 bits per heavy atom. The third-order valence-electron chi connectivity index (χ3n) is 3.53. The van der Waals surface area contributed by atoms with E-state index in [2.05, 4.69) is 5.32 Å². The standard InChI is InChI=1S/C15H15Cl2NO3/c1-8-2-3-12(15(20)21)13(4-8)14(19)18-11-6-9(16)5-10(17)7-11/h2,5-7,12-13H,3-4H2,1H3,(H,18,19)(H,20,21). The molecular weight excluding hydrogens is 313 g/mol. The molecule has 1 aliphatic rings. The van der Waals surface area contributed by atoms with Crippen molar-refractivity contribution in [2.45, 2.75) is 19.8 Å². The molecule has 0 aromatic heterocycles. The maximum atomic E-state index is 12.4. The molecule has 2 atom stereocenters. The average molecular weight is 328 g/mol. The number of amides is 1. The van der Waals surface area contributed by atoms with Gasteiger partial charge >= 0.3 is 5.97 Å². The van der Waals surface area contributed by atoms with Crippen LogP contribution in [-0.4, -0.2) is 17.0 Å². The first-order valence-corrected chi connectivity index (χ1v) is 7.28. The smallest absolute Gasteiger partial charge is 0.307 e. The summed E-state index contributed by atoms with van der Waals surface area (Å²) in [5, 5.41) is 12.8. The number of carboxylic acid groups (broad SMARTS) is 1. The molecule has 1 aromatic rings. The van der Waals surface area contributed by atoms with Gasteiger partial charge in [0.2, 0.25) is 5.91 Å². The van der Waals surface area contributed by atoms with Gasteiger partial charge in [-0.15, -0.1) is 0 Å². The number of hydrogen-bond acceptors (Lipinski definition) is 2. The number of carbonyl (C=O) groups excluding carboxylic acids is 1. The molecule has 1 aliphatic carbocycles. The van der Waals surface area contributed by atoms with Crippen LogP contribution in [0.1, 0.15) is 19.8 Å². The third-order valence-corrected chi connectivity index (χ3v) is 3.97. The van der Waals surface area contributed by atoms with Crippen LogP contribution in [0.4, 0.5) is 5.69 Å². The zero-order valence-corrected chi connectivity index (χ0v) is 12.9. The van der Waals surface area contributed by atoms with Gasteiger partial charge in [0, 0.05) is 15.7 Å². The molecule has 2 unspecified atom stereocenters. The van der Waals surface area contributed by atoms with E-state index in [9.17, 15) is 14.7 Å². The topological polar surface area (TPSA) is 66.4 Å². The second kappa shape index (κ2) is 6.50. The summed E-state index contributed by atoms with van der Waals surface area (Å²) in [7, 11) is 0. The van der Waals surface area contributed by atoms with Crippen LogP contribution in [0.2, 0.25) is 10.0 Å². The first-order valence-electron chi connectivity index (χ1n) is 6.52. The van der Waals surface area contributed by atoms with Crippen LogP contribution < -0.4 is 5.32 Å². The fraction of sp³-hybridized carbons (Fsp3) is 0.333. The minimum absolute atomic E-state index is 0.326. The number of aliphatic carboxylic acids is 1. The minimum Gasteiger partial charge on any atom is -0.481 e. The van der Waals surface area contributed by atoms with Crippen molar-refractivity contribution in [3.8, 4) is 0 Å². The molecule has 4 nitrogen and oxygen atoms in total. The summed E-state index contributed by atoms with van der Waals surface area (Å²) in [6.45, 7) is 1.90. The molecule has 0 fully saturated rings. The molecule has 0 aliphatic heterocycles. The lowest BCUT2D eigenvalue weighted by molar-refractivity contribution is -0.146. The van der Waals surface area contributed by atoms with Crippen LogP contribution in [0.5, 0.6) is 0 Å². The van der Waals surface area contributed by atoms with Crippen molar-refractivity contribution in [2.75, 3.05) is 5.32 Å². The van der Waals surface area contributed by atoms with Gasteiger partial charge in [0.1, 0.15) is 0 Å². The molecule has 0 saturated carbocycles. The summed E-state index contributed by atoms with van der Waals surface area (Å²) in [6, 6.07) is 4.71. The van der Waals surface area contributed by atoms with Gasteiger partial charge in [0.15, 0.2) is 0 Å². The van der Waals surface area contributed by atoms with Gasteiger partial charge in [-0.3, -0.25) is 9.59 Å². The monoisotopic (exact) mass is 327 g/mol. The molecule has 6 heteroatoms. The van der Waals surface area contributed by atoms with E-state index in [-0.39, 0.29) is 5.91 Å². The first-order chi connectivity index (χ1) is 9.86. The van der Waals surface area contributed by atoms with Crippen LogP contribution in [0, 0.1) is 11.8 Å². The van der Waals surface area contributed by atoms with Gasteiger partial charge < -0.3 is 10.4 Å². The van der Waals surface area contributed by atoms with Crippen molar-refractivity contribution >= 4 is 40.8 Å². The van der Waals surface area contributed by atoms with Gasteiger partial charge in [-0.1, -0.05) is 34.9 Å². The van der Waals surface area contributed by atoms with Crippen molar-refractivity contribution in [3.05, 3.63) is 39.9 Å². The van der Waals surface area contributed by atoms with E-state index >= 15 is 0 Å². The van der Waals surface area contributed by atoms with Crippen molar-refractivity contribution in [3.63, 3.8) is 0 Å². The molecule has 112 valence electrons. The number of benzene rings is 1. The Kier molecular flexibility index (Phi) is 4.91. The lowest BCUT2D eigenvalue weighted by Gasteiger charge is -2.26. The molecule has 0 bridgehead atoms. The predicted octanol–water partition coefficient (Wildman–Crippen LogP) is 3.99. The SMILES string of the molecule is CC1=CCC(C(=O)O)C(C(=O)Nc2cc(Cl)cc(Cl)c2)C1. The highest BCUT2D eigenvalue weighted by atomic mass is 35.5. The molecule has 0 heterocycles. The fourth-order valence-electron chi connectivity index (χ4n) is 2.47. The van der Waals surface area contributed by atoms with Crippen molar-refractivity contribution in [2.24, 2.45) is 11.8 Å². The fourth-order valence-corrected chi connectivity index (χ4v) is 3.00. The summed E-state index contributed by atoms with van der Waals surface area (Å²) < 4.78 is 0. The Hall–Kier alpha value is -1.52. The Morgan fingerprint density at radius 2 is 1.81 bits per heavy atom. The Balaban J connectivity index is 2.18. The van der Waals surface area contributed by atoms with Crippen LogP contribution in [0.15, 0.2) is 29.8 Å².